The standard InChI is InChI=1S/C20H26N4O3S/c1-24(2)17(14-8-10-15(27-3)11-9-14)12-22-20(26)23-16-6-4-5-7-18(16)28-13-19(21)25/h4-11,17H,12-13H2,1-3H3,(H2,21,25)(H2,22,23,26). The zero-order valence-electron chi connectivity index (χ0n) is 16.3. The first kappa shape index (κ1) is 21.6. The lowest BCUT2D eigenvalue weighted by atomic mass is 10.1. The molecule has 28 heavy (non-hydrogen) atoms. The number of carbonyl (C=O) groups excluding carboxylic acids is 2. The Kier molecular flexibility index (Phi) is 8.16. The molecule has 0 radical (unpaired) electrons. The van der Waals surface area contributed by atoms with Gasteiger partial charge in [0.15, 0.2) is 0 Å². The third-order valence-corrected chi connectivity index (χ3v) is 5.18. The van der Waals surface area contributed by atoms with Gasteiger partial charge < -0.3 is 26.0 Å². The van der Waals surface area contributed by atoms with Crippen LogP contribution in [0.4, 0.5) is 10.5 Å². The molecule has 3 amide bonds. The normalized spacial score (nSPS) is 11.7. The molecule has 0 heterocycles. The number of rotatable bonds is 9. The molecule has 150 valence electrons. The smallest absolute Gasteiger partial charge is 0.319 e. The van der Waals surface area contributed by atoms with Gasteiger partial charge in [-0.15, -0.1) is 11.8 Å². The quantitative estimate of drug-likeness (QED) is 0.561. The number of primary amides is 1. The number of benzene rings is 2. The highest BCUT2D eigenvalue weighted by Crippen LogP contribution is 2.26. The molecule has 7 nitrogen and oxygen atoms in total. The minimum Gasteiger partial charge on any atom is -0.497 e. The van der Waals surface area contributed by atoms with Crippen molar-refractivity contribution in [2.75, 3.05) is 38.8 Å². The van der Waals surface area contributed by atoms with Crippen LogP contribution in [0.25, 0.3) is 0 Å². The maximum absolute atomic E-state index is 12.4. The van der Waals surface area contributed by atoms with Gasteiger partial charge in [0.1, 0.15) is 5.75 Å². The highest BCUT2D eigenvalue weighted by Gasteiger charge is 2.16. The largest absolute Gasteiger partial charge is 0.497 e. The van der Waals surface area contributed by atoms with Crippen LogP contribution in [0.5, 0.6) is 5.75 Å². The number of hydrogen-bond acceptors (Lipinski definition) is 5. The van der Waals surface area contributed by atoms with Crippen molar-refractivity contribution in [2.45, 2.75) is 10.9 Å². The molecule has 0 spiro atoms. The lowest BCUT2D eigenvalue weighted by Crippen LogP contribution is -2.37. The maximum atomic E-state index is 12.4. The van der Waals surface area contributed by atoms with Gasteiger partial charge in [0.25, 0.3) is 0 Å². The third-order valence-electron chi connectivity index (χ3n) is 4.09. The van der Waals surface area contributed by atoms with Gasteiger partial charge in [0, 0.05) is 11.4 Å². The highest BCUT2D eigenvalue weighted by atomic mass is 32.2. The van der Waals surface area contributed by atoms with Crippen molar-refractivity contribution >= 4 is 29.4 Å². The predicted octanol–water partition coefficient (Wildman–Crippen LogP) is 2.70. The van der Waals surface area contributed by atoms with Crippen LogP contribution < -0.4 is 21.1 Å². The number of nitrogens with zero attached hydrogens (tertiary/aromatic N) is 1. The number of para-hydroxylation sites is 1. The van der Waals surface area contributed by atoms with Gasteiger partial charge in [0.05, 0.1) is 24.6 Å². The number of hydrogen-bond donors (Lipinski definition) is 3. The van der Waals surface area contributed by atoms with Crippen LogP contribution in [0, 0.1) is 0 Å². The van der Waals surface area contributed by atoms with E-state index in [-0.39, 0.29) is 17.8 Å². The number of anilines is 1. The van der Waals surface area contributed by atoms with Gasteiger partial charge in [-0.2, -0.15) is 0 Å². The number of ether oxygens (including phenoxy) is 1. The number of thioether (sulfide) groups is 1. The van der Waals surface area contributed by atoms with Crippen molar-refractivity contribution < 1.29 is 14.3 Å². The van der Waals surface area contributed by atoms with E-state index in [4.69, 9.17) is 10.5 Å². The molecule has 1 unspecified atom stereocenters. The molecule has 2 rings (SSSR count). The summed E-state index contributed by atoms with van der Waals surface area (Å²) in [6, 6.07) is 14.8. The van der Waals surface area contributed by atoms with Gasteiger partial charge in [-0.05, 0) is 43.9 Å². The third kappa shape index (κ3) is 6.47. The molecule has 2 aromatic rings. The second-order valence-electron chi connectivity index (χ2n) is 6.34. The fourth-order valence-electron chi connectivity index (χ4n) is 2.63. The number of nitrogens with one attached hydrogen (secondary N) is 2. The first-order valence-corrected chi connectivity index (χ1v) is 9.74. The number of nitrogens with two attached hydrogens (primary N) is 1. The molecule has 0 aliphatic carbocycles. The summed E-state index contributed by atoms with van der Waals surface area (Å²) in [5, 5.41) is 5.74. The summed E-state index contributed by atoms with van der Waals surface area (Å²) in [5.41, 5.74) is 6.91. The van der Waals surface area contributed by atoms with E-state index in [1.54, 1.807) is 13.2 Å². The molecule has 0 saturated heterocycles. The van der Waals surface area contributed by atoms with Crippen molar-refractivity contribution in [2.24, 2.45) is 5.73 Å². The molecule has 2 aromatic carbocycles. The van der Waals surface area contributed by atoms with E-state index in [1.807, 2.05) is 61.5 Å². The summed E-state index contributed by atoms with van der Waals surface area (Å²) < 4.78 is 5.20. The number of amides is 3. The van der Waals surface area contributed by atoms with Gasteiger partial charge >= 0.3 is 6.03 Å². The van der Waals surface area contributed by atoms with Crippen LogP contribution in [0.1, 0.15) is 11.6 Å². The summed E-state index contributed by atoms with van der Waals surface area (Å²) in [4.78, 5) is 26.2. The van der Waals surface area contributed by atoms with Crippen LogP contribution in [0.2, 0.25) is 0 Å². The molecule has 0 fully saturated rings. The molecule has 0 bridgehead atoms. The average Bonchev–Trinajstić information content (AvgIpc) is 2.67. The summed E-state index contributed by atoms with van der Waals surface area (Å²) in [6.45, 7) is 0.432. The van der Waals surface area contributed by atoms with E-state index in [1.165, 1.54) is 11.8 Å². The SMILES string of the molecule is COc1ccc(C(CNC(=O)Nc2ccccc2SCC(N)=O)N(C)C)cc1. The summed E-state index contributed by atoms with van der Waals surface area (Å²) in [5.74, 6) is 0.537. The van der Waals surface area contributed by atoms with E-state index >= 15 is 0 Å². The van der Waals surface area contributed by atoms with Crippen LogP contribution in [0.3, 0.4) is 0 Å². The number of methoxy groups -OCH3 is 1. The van der Waals surface area contributed by atoms with Crippen LogP contribution in [0.15, 0.2) is 53.4 Å². The minimum absolute atomic E-state index is 0.0103. The van der Waals surface area contributed by atoms with Crippen LogP contribution >= 0.6 is 11.8 Å². The minimum atomic E-state index is -0.405. The van der Waals surface area contributed by atoms with Gasteiger partial charge in [-0.25, -0.2) is 4.79 Å². The Hall–Kier alpha value is -2.71. The van der Waals surface area contributed by atoms with Crippen molar-refractivity contribution in [3.05, 3.63) is 54.1 Å². The van der Waals surface area contributed by atoms with E-state index in [0.717, 1.165) is 16.2 Å². The van der Waals surface area contributed by atoms with E-state index in [9.17, 15) is 9.59 Å². The Balaban J connectivity index is 1.99. The van der Waals surface area contributed by atoms with Gasteiger partial charge in [-0.3, -0.25) is 4.79 Å². The first-order valence-electron chi connectivity index (χ1n) is 8.76. The molecule has 8 heteroatoms. The van der Waals surface area contributed by atoms with Crippen LogP contribution in [-0.4, -0.2) is 50.3 Å². The number of urea groups is 1. The lowest BCUT2D eigenvalue weighted by molar-refractivity contribution is -0.115. The summed E-state index contributed by atoms with van der Waals surface area (Å²) in [7, 11) is 5.55. The molecule has 0 aliphatic rings. The molecule has 4 N–H and O–H groups in total. The average molecular weight is 403 g/mol. The maximum Gasteiger partial charge on any atom is 0.319 e. The Morgan fingerprint density at radius 1 is 1.14 bits per heavy atom. The van der Waals surface area contributed by atoms with Gasteiger partial charge in [-0.1, -0.05) is 24.3 Å². The van der Waals surface area contributed by atoms with Crippen molar-refractivity contribution in [3.63, 3.8) is 0 Å². The Morgan fingerprint density at radius 3 is 2.43 bits per heavy atom. The van der Waals surface area contributed by atoms with Gasteiger partial charge in [0.2, 0.25) is 5.91 Å². The number of carbonyl (C=O) groups is 2. The molecule has 0 aliphatic heterocycles. The zero-order valence-corrected chi connectivity index (χ0v) is 17.1. The second-order valence-corrected chi connectivity index (χ2v) is 7.36. The van der Waals surface area contributed by atoms with E-state index < -0.39 is 5.91 Å². The Labute approximate surface area is 169 Å². The van der Waals surface area contributed by atoms with Crippen molar-refractivity contribution in [1.82, 2.24) is 10.2 Å². The molecular weight excluding hydrogens is 376 g/mol. The predicted molar refractivity (Wildman–Crippen MR) is 113 cm³/mol. The first-order chi connectivity index (χ1) is 13.4. The molecular formula is C20H26N4O3S. The van der Waals surface area contributed by atoms with E-state index in [0.29, 0.717) is 12.2 Å². The van der Waals surface area contributed by atoms with Crippen LogP contribution in [-0.2, 0) is 4.79 Å². The molecule has 0 aromatic heterocycles. The monoisotopic (exact) mass is 402 g/mol. The zero-order chi connectivity index (χ0) is 20.5. The second kappa shape index (κ2) is 10.6. The van der Waals surface area contributed by atoms with Crippen molar-refractivity contribution in [3.8, 4) is 5.75 Å². The fourth-order valence-corrected chi connectivity index (χ4v) is 3.37. The lowest BCUT2D eigenvalue weighted by Gasteiger charge is -2.25. The number of likely N-dealkylation sites (N-methyl/N-ethyl adjacent to an activating group) is 1. The van der Waals surface area contributed by atoms with E-state index in [2.05, 4.69) is 10.6 Å². The fraction of sp³-hybridized carbons (Fsp3) is 0.300. The Bertz CT molecular complexity index is 796. The topological polar surface area (TPSA) is 96.7 Å². The highest BCUT2D eigenvalue weighted by molar-refractivity contribution is 8.00. The van der Waals surface area contributed by atoms with Crippen molar-refractivity contribution in [1.29, 1.82) is 0 Å². The molecule has 0 saturated carbocycles. The summed E-state index contributed by atoms with van der Waals surface area (Å²) in [6.07, 6.45) is 0. The molecule has 1 atom stereocenters. The summed E-state index contributed by atoms with van der Waals surface area (Å²) >= 11 is 1.29. The Morgan fingerprint density at radius 2 is 1.82 bits per heavy atom.